The van der Waals surface area contributed by atoms with Crippen LogP contribution in [0.15, 0.2) is 29.2 Å². The molecule has 1 aromatic carbocycles. The molecule has 3 heterocycles. The summed E-state index contributed by atoms with van der Waals surface area (Å²) in [6, 6.07) is 3.97. The molecule has 2 fully saturated rings. The average Bonchev–Trinajstić information content (AvgIpc) is 3.08. The second kappa shape index (κ2) is 8.90. The second-order valence-electron chi connectivity index (χ2n) is 6.94. The third kappa shape index (κ3) is 4.08. The van der Waals surface area contributed by atoms with E-state index in [1.165, 1.54) is 39.5 Å². The first-order valence-electron chi connectivity index (χ1n) is 9.49. The number of aromatic nitrogens is 2. The van der Waals surface area contributed by atoms with Crippen LogP contribution in [0.4, 0.5) is 14.6 Å². The summed E-state index contributed by atoms with van der Waals surface area (Å²) in [5.74, 6) is -3.67. The molecule has 1 aromatic heterocycles. The number of halogens is 2. The quantitative estimate of drug-likeness (QED) is 0.616. The van der Waals surface area contributed by atoms with Crippen molar-refractivity contribution < 1.29 is 47.3 Å². The predicted molar refractivity (Wildman–Crippen MR) is 103 cm³/mol. The molecule has 2 aliphatic rings. The van der Waals surface area contributed by atoms with E-state index in [1.54, 1.807) is 0 Å². The van der Waals surface area contributed by atoms with Gasteiger partial charge in [0.2, 0.25) is 12.0 Å². The van der Waals surface area contributed by atoms with Crippen molar-refractivity contribution in [2.75, 3.05) is 33.3 Å². The zero-order valence-electron chi connectivity index (χ0n) is 17.6. The van der Waals surface area contributed by atoms with Crippen LogP contribution in [0.25, 0.3) is 0 Å². The number of benzene rings is 1. The molecular weight excluding hydrogens is 452 g/mol. The van der Waals surface area contributed by atoms with Gasteiger partial charge in [0.15, 0.2) is 17.6 Å². The van der Waals surface area contributed by atoms with E-state index in [9.17, 15) is 18.4 Å². The van der Waals surface area contributed by atoms with Crippen molar-refractivity contribution in [2.24, 2.45) is 0 Å². The minimum Gasteiger partial charge on any atom is -0.493 e. The van der Waals surface area contributed by atoms with E-state index in [2.05, 4.69) is 25.1 Å². The molecule has 1 amide bonds. The number of rotatable bonds is 6. The first kappa shape index (κ1) is 22.8. The number of alkyl halides is 2. The lowest BCUT2D eigenvalue weighted by atomic mass is 10.1. The topological polar surface area (TPSA) is 129 Å². The second-order valence-corrected chi connectivity index (χ2v) is 6.94. The smallest absolute Gasteiger partial charge is 0.351 e. The highest BCUT2D eigenvalue weighted by atomic mass is 19.3. The number of carbonyl (C=O) groups excluding carboxylic acids is 1. The van der Waals surface area contributed by atoms with Crippen molar-refractivity contribution in [1.29, 1.82) is 0 Å². The first-order chi connectivity index (χ1) is 15.8. The maximum absolute atomic E-state index is 14.7. The fourth-order valence-electron chi connectivity index (χ4n) is 3.45. The fourth-order valence-corrected chi connectivity index (χ4v) is 3.45. The van der Waals surface area contributed by atoms with E-state index in [0.29, 0.717) is 4.57 Å². The van der Waals surface area contributed by atoms with Crippen LogP contribution >= 0.6 is 0 Å². The number of nitrogens with zero attached hydrogens (tertiary/aromatic N) is 2. The van der Waals surface area contributed by atoms with Crippen molar-refractivity contribution in [3.05, 3.63) is 40.4 Å². The van der Waals surface area contributed by atoms with Crippen LogP contribution in [0.2, 0.25) is 0 Å². The van der Waals surface area contributed by atoms with E-state index >= 15 is 0 Å². The van der Waals surface area contributed by atoms with Crippen LogP contribution in [-0.2, 0) is 19.6 Å². The van der Waals surface area contributed by atoms with Gasteiger partial charge in [0, 0.05) is 11.8 Å². The summed E-state index contributed by atoms with van der Waals surface area (Å²) >= 11 is 0. The molecule has 178 valence electrons. The van der Waals surface area contributed by atoms with Gasteiger partial charge in [0.05, 0.1) is 21.3 Å². The van der Waals surface area contributed by atoms with Crippen LogP contribution < -0.4 is 25.2 Å². The van der Waals surface area contributed by atoms with E-state index < -0.39 is 36.0 Å². The summed E-state index contributed by atoms with van der Waals surface area (Å²) in [4.78, 5) is 37.7. The molecule has 14 heteroatoms. The molecule has 2 saturated heterocycles. The molecular formula is C19H19F2N3O9. The summed E-state index contributed by atoms with van der Waals surface area (Å²) in [5.41, 5.74) is -0.967. The number of methoxy groups -OCH3 is 3. The van der Waals surface area contributed by atoms with Gasteiger partial charge in [0.25, 0.3) is 5.91 Å². The highest BCUT2D eigenvalue weighted by Crippen LogP contribution is 2.45. The minimum atomic E-state index is -3.61. The monoisotopic (exact) mass is 471 g/mol. The molecule has 0 bridgehead atoms. The van der Waals surface area contributed by atoms with Gasteiger partial charge in [-0.1, -0.05) is 5.04 Å². The molecule has 0 radical (unpaired) electrons. The third-order valence-electron chi connectivity index (χ3n) is 5.02. The number of fused-ring (bicyclic) bond motifs is 1. The average molecular weight is 471 g/mol. The van der Waals surface area contributed by atoms with E-state index in [4.69, 9.17) is 18.9 Å². The van der Waals surface area contributed by atoms with Crippen molar-refractivity contribution in [2.45, 2.75) is 24.4 Å². The first-order valence-corrected chi connectivity index (χ1v) is 9.49. The third-order valence-corrected chi connectivity index (χ3v) is 5.02. The summed E-state index contributed by atoms with van der Waals surface area (Å²) in [7, 11) is 4.19. The number of carbonyl (C=O) groups is 1. The molecule has 4 rings (SSSR count). The summed E-state index contributed by atoms with van der Waals surface area (Å²) in [6.45, 7) is -0.304. The Hall–Kier alpha value is -3.33. The van der Waals surface area contributed by atoms with Crippen LogP contribution in [0.5, 0.6) is 17.2 Å². The molecule has 0 aliphatic carbocycles. The normalized spacial score (nSPS) is 23.5. The van der Waals surface area contributed by atoms with Crippen molar-refractivity contribution in [3.63, 3.8) is 0 Å². The standard InChI is InChI=1S/C19H19F2N3O9/c1-27-10-6-9(7-11(28-2)14(10)29-3)16(25)22-13-4-5-24(18(26)23-13)17-19(20,21)15-12(31-17)8-30-33-32-15/h4-7,12,15,17H,8H2,1-3H3,(H,22,23,25,26)/t12-,15-,17-/m1/s1. The Morgan fingerprint density at radius 3 is 2.48 bits per heavy atom. The van der Waals surface area contributed by atoms with Gasteiger partial charge in [0.1, 0.15) is 18.5 Å². The van der Waals surface area contributed by atoms with Crippen molar-refractivity contribution in [1.82, 2.24) is 9.55 Å². The fraction of sp³-hybridized carbons (Fsp3) is 0.421. The molecule has 2 aromatic rings. The molecule has 33 heavy (non-hydrogen) atoms. The lowest BCUT2D eigenvalue weighted by Crippen LogP contribution is -2.45. The molecule has 12 nitrogen and oxygen atoms in total. The van der Waals surface area contributed by atoms with Gasteiger partial charge in [-0.05, 0) is 18.2 Å². The summed E-state index contributed by atoms with van der Waals surface area (Å²) in [6.07, 6.45) is -3.89. The van der Waals surface area contributed by atoms with E-state index in [1.807, 2.05) is 0 Å². The zero-order chi connectivity index (χ0) is 23.8. The van der Waals surface area contributed by atoms with E-state index in [0.717, 1.165) is 6.20 Å². The van der Waals surface area contributed by atoms with Gasteiger partial charge < -0.3 is 24.3 Å². The molecule has 1 N–H and O–H groups in total. The maximum Gasteiger partial charge on any atom is 0.351 e. The summed E-state index contributed by atoms with van der Waals surface area (Å²) in [5, 5.41) is 6.57. The Bertz CT molecular complexity index is 1090. The molecule has 3 atom stereocenters. The van der Waals surface area contributed by atoms with Crippen LogP contribution in [0, 0.1) is 0 Å². The van der Waals surface area contributed by atoms with Crippen molar-refractivity contribution in [3.8, 4) is 17.2 Å². The van der Waals surface area contributed by atoms with Gasteiger partial charge >= 0.3 is 11.6 Å². The van der Waals surface area contributed by atoms with Crippen LogP contribution in [0.3, 0.4) is 0 Å². The minimum absolute atomic E-state index is 0.113. The Morgan fingerprint density at radius 2 is 1.91 bits per heavy atom. The molecule has 0 spiro atoms. The number of ether oxygens (including phenoxy) is 4. The Kier molecular flexibility index (Phi) is 6.16. The highest BCUT2D eigenvalue weighted by molar-refractivity contribution is 6.04. The number of hydrogen-bond donors (Lipinski definition) is 1. The molecule has 0 unspecified atom stereocenters. The lowest BCUT2D eigenvalue weighted by molar-refractivity contribution is -0.563. The molecule has 2 aliphatic heterocycles. The Balaban J connectivity index is 1.56. The van der Waals surface area contributed by atoms with Crippen LogP contribution in [-0.4, -0.2) is 61.5 Å². The number of anilines is 1. The lowest BCUT2D eigenvalue weighted by Gasteiger charge is -2.24. The van der Waals surface area contributed by atoms with Gasteiger partial charge in [-0.2, -0.15) is 18.7 Å². The van der Waals surface area contributed by atoms with Gasteiger partial charge in [-0.3, -0.25) is 9.36 Å². The SMILES string of the molecule is COc1cc(C(=O)Nc2ccn([C@@H]3O[C@@H]4COOO[C@H]4C3(F)F)c(=O)n2)cc(OC)c1OC. The van der Waals surface area contributed by atoms with Crippen molar-refractivity contribution >= 4 is 11.7 Å². The Labute approximate surface area is 184 Å². The summed E-state index contributed by atoms with van der Waals surface area (Å²) < 4.78 is 50.8. The molecule has 0 saturated carbocycles. The predicted octanol–water partition coefficient (Wildman–Crippen LogP) is 1.32. The largest absolute Gasteiger partial charge is 0.493 e. The number of amides is 1. The highest BCUT2D eigenvalue weighted by Gasteiger charge is 2.63. The van der Waals surface area contributed by atoms with Gasteiger partial charge in [-0.15, -0.1) is 0 Å². The number of nitrogens with one attached hydrogen (secondary N) is 1. The Morgan fingerprint density at radius 1 is 1.21 bits per heavy atom. The van der Waals surface area contributed by atoms with Crippen LogP contribution in [0.1, 0.15) is 16.6 Å². The van der Waals surface area contributed by atoms with Gasteiger partial charge in [-0.25, -0.2) is 9.68 Å². The number of hydrogen-bond acceptors (Lipinski definition) is 10. The zero-order valence-corrected chi connectivity index (χ0v) is 17.6. The maximum atomic E-state index is 14.7. The van der Waals surface area contributed by atoms with E-state index in [-0.39, 0.29) is 35.2 Å².